The molecule has 0 saturated heterocycles. The highest BCUT2D eigenvalue weighted by Crippen LogP contribution is 2.31. The molecule has 3 aromatic carbocycles. The van der Waals surface area contributed by atoms with Gasteiger partial charge in [-0.05, 0) is 41.3 Å². The number of urea groups is 1. The van der Waals surface area contributed by atoms with Crippen molar-refractivity contribution in [1.29, 1.82) is 0 Å². The summed E-state index contributed by atoms with van der Waals surface area (Å²) in [6, 6.07) is 24.4. The van der Waals surface area contributed by atoms with Gasteiger partial charge in [-0.25, -0.2) is 17.9 Å². The normalized spacial score (nSPS) is 13.9. The van der Waals surface area contributed by atoms with Gasteiger partial charge in [-0.2, -0.15) is 0 Å². The van der Waals surface area contributed by atoms with Crippen molar-refractivity contribution in [3.63, 3.8) is 0 Å². The Kier molecular flexibility index (Phi) is 6.06. The molecule has 1 N–H and O–H groups in total. The summed E-state index contributed by atoms with van der Waals surface area (Å²) in [7, 11) is -1.92. The highest BCUT2D eigenvalue weighted by molar-refractivity contribution is 7.89. The van der Waals surface area contributed by atoms with Crippen LogP contribution in [0, 0.1) is 0 Å². The lowest BCUT2D eigenvalue weighted by Crippen LogP contribution is -2.44. The minimum absolute atomic E-state index is 0.104. The monoisotopic (exact) mass is 435 g/mol. The van der Waals surface area contributed by atoms with E-state index in [0.717, 1.165) is 22.4 Å². The molecule has 4 rings (SSSR count). The molecule has 0 saturated carbocycles. The van der Waals surface area contributed by atoms with Crippen LogP contribution >= 0.6 is 0 Å². The van der Waals surface area contributed by atoms with Gasteiger partial charge in [0.25, 0.3) is 0 Å². The summed E-state index contributed by atoms with van der Waals surface area (Å²) in [4.78, 5) is 16.3. The number of fused-ring (bicyclic) bond motifs is 1. The van der Waals surface area contributed by atoms with Crippen LogP contribution in [0.2, 0.25) is 0 Å². The maximum atomic E-state index is 12.8. The van der Waals surface area contributed by atoms with Crippen molar-refractivity contribution in [2.45, 2.75) is 24.4 Å². The van der Waals surface area contributed by atoms with Crippen molar-refractivity contribution in [1.82, 2.24) is 9.62 Å². The van der Waals surface area contributed by atoms with E-state index in [2.05, 4.69) is 4.72 Å². The van der Waals surface area contributed by atoms with Crippen molar-refractivity contribution >= 4 is 21.7 Å². The van der Waals surface area contributed by atoms with Gasteiger partial charge >= 0.3 is 6.03 Å². The second kappa shape index (κ2) is 8.91. The van der Waals surface area contributed by atoms with Crippen molar-refractivity contribution in [3.05, 3.63) is 95.6 Å². The van der Waals surface area contributed by atoms with Gasteiger partial charge in [0.05, 0.1) is 17.1 Å². The maximum absolute atomic E-state index is 12.8. The highest BCUT2D eigenvalue weighted by atomic mass is 32.2. The van der Waals surface area contributed by atoms with Crippen molar-refractivity contribution < 1.29 is 13.2 Å². The first kappa shape index (κ1) is 21.1. The van der Waals surface area contributed by atoms with E-state index in [4.69, 9.17) is 0 Å². The fourth-order valence-corrected chi connectivity index (χ4v) is 4.81. The summed E-state index contributed by atoms with van der Waals surface area (Å²) in [5.74, 6) is 0. The Bertz CT molecular complexity index is 1170. The van der Waals surface area contributed by atoms with Gasteiger partial charge in [-0.1, -0.05) is 60.7 Å². The fourth-order valence-electron chi connectivity index (χ4n) is 3.73. The molecule has 160 valence electrons. The van der Waals surface area contributed by atoms with E-state index in [1.54, 1.807) is 35.0 Å². The average molecular weight is 436 g/mol. The molecular formula is C24H25N3O3S. The van der Waals surface area contributed by atoms with E-state index in [-0.39, 0.29) is 10.9 Å². The molecule has 0 unspecified atom stereocenters. The Labute approximate surface area is 183 Å². The molecule has 31 heavy (non-hydrogen) atoms. The molecule has 0 radical (unpaired) electrons. The molecule has 0 spiro atoms. The lowest BCUT2D eigenvalue weighted by molar-refractivity contribution is 0.210. The zero-order valence-electron chi connectivity index (χ0n) is 17.4. The molecule has 0 fully saturated rings. The number of nitrogens with one attached hydrogen (secondary N) is 1. The molecule has 0 atom stereocenters. The van der Waals surface area contributed by atoms with Crippen LogP contribution in [-0.4, -0.2) is 32.9 Å². The number of nitrogens with zero attached hydrogens (tertiary/aromatic N) is 2. The Balaban J connectivity index is 1.54. The summed E-state index contributed by atoms with van der Waals surface area (Å²) in [5, 5.41) is 0. The topological polar surface area (TPSA) is 69.7 Å². The molecule has 0 aromatic heterocycles. The lowest BCUT2D eigenvalue weighted by atomic mass is 10.1. The summed E-state index contributed by atoms with van der Waals surface area (Å²) >= 11 is 0. The summed E-state index contributed by atoms with van der Waals surface area (Å²) in [6.45, 7) is 1.12. The third-order valence-electron chi connectivity index (χ3n) is 5.35. The number of hydrogen-bond acceptors (Lipinski definition) is 3. The summed E-state index contributed by atoms with van der Waals surface area (Å²) < 4.78 is 28.3. The molecule has 2 amide bonds. The van der Waals surface area contributed by atoms with Gasteiger partial charge in [-0.3, -0.25) is 4.90 Å². The van der Waals surface area contributed by atoms with Crippen LogP contribution < -0.4 is 9.62 Å². The number of carbonyl (C=O) groups excluding carboxylic acids is 1. The van der Waals surface area contributed by atoms with E-state index in [9.17, 15) is 13.2 Å². The van der Waals surface area contributed by atoms with Crippen LogP contribution in [-0.2, 0) is 29.5 Å². The van der Waals surface area contributed by atoms with Crippen molar-refractivity contribution in [2.75, 3.05) is 18.5 Å². The molecule has 0 bridgehead atoms. The highest BCUT2D eigenvalue weighted by Gasteiger charge is 2.29. The largest absolute Gasteiger partial charge is 0.324 e. The standard InChI is InChI=1S/C24H25N3O3S/c1-26-18-21-16-22(31(29,30)25-15-14-19-8-4-2-5-9-19)12-13-23(21)27(24(26)28)17-20-10-6-3-7-11-20/h2-13,16,25H,14-15,17-18H2,1H3. The zero-order valence-corrected chi connectivity index (χ0v) is 18.2. The Hall–Kier alpha value is -3.16. The Morgan fingerprint density at radius 2 is 1.55 bits per heavy atom. The third-order valence-corrected chi connectivity index (χ3v) is 6.81. The van der Waals surface area contributed by atoms with Crippen LogP contribution in [0.25, 0.3) is 0 Å². The van der Waals surface area contributed by atoms with Crippen LogP contribution in [0.4, 0.5) is 10.5 Å². The van der Waals surface area contributed by atoms with E-state index in [1.165, 1.54) is 0 Å². The minimum atomic E-state index is -3.64. The molecule has 0 aliphatic carbocycles. The zero-order chi connectivity index (χ0) is 21.8. The first-order valence-electron chi connectivity index (χ1n) is 10.2. The average Bonchev–Trinajstić information content (AvgIpc) is 2.78. The van der Waals surface area contributed by atoms with Crippen LogP contribution in [0.5, 0.6) is 0 Å². The third kappa shape index (κ3) is 4.78. The lowest BCUT2D eigenvalue weighted by Gasteiger charge is -2.35. The number of anilines is 1. The molecule has 3 aromatic rings. The van der Waals surface area contributed by atoms with Crippen molar-refractivity contribution in [3.8, 4) is 0 Å². The van der Waals surface area contributed by atoms with Gasteiger partial charge < -0.3 is 4.90 Å². The van der Waals surface area contributed by atoms with Crippen LogP contribution in [0.1, 0.15) is 16.7 Å². The summed E-state index contributed by atoms with van der Waals surface area (Å²) in [6.07, 6.45) is 0.618. The van der Waals surface area contributed by atoms with Gasteiger partial charge in [0.2, 0.25) is 10.0 Å². The van der Waals surface area contributed by atoms with E-state index < -0.39 is 10.0 Å². The molecule has 6 nitrogen and oxygen atoms in total. The predicted molar refractivity (Wildman–Crippen MR) is 121 cm³/mol. The fraction of sp³-hybridized carbons (Fsp3) is 0.208. The predicted octanol–water partition coefficient (Wildman–Crippen LogP) is 3.78. The minimum Gasteiger partial charge on any atom is -0.323 e. The molecular weight excluding hydrogens is 410 g/mol. The van der Waals surface area contributed by atoms with E-state index in [1.807, 2.05) is 60.7 Å². The Morgan fingerprint density at radius 1 is 0.903 bits per heavy atom. The van der Waals surface area contributed by atoms with Crippen LogP contribution in [0.15, 0.2) is 83.8 Å². The second-order valence-electron chi connectivity index (χ2n) is 7.63. The van der Waals surface area contributed by atoms with E-state index in [0.29, 0.717) is 26.1 Å². The number of carbonyl (C=O) groups is 1. The first-order chi connectivity index (χ1) is 14.9. The van der Waals surface area contributed by atoms with Gasteiger partial charge in [0, 0.05) is 20.1 Å². The summed E-state index contributed by atoms with van der Waals surface area (Å²) in [5.41, 5.74) is 3.64. The maximum Gasteiger partial charge on any atom is 0.324 e. The first-order valence-corrected chi connectivity index (χ1v) is 11.7. The van der Waals surface area contributed by atoms with Gasteiger partial charge in [-0.15, -0.1) is 0 Å². The number of sulfonamides is 1. The molecule has 1 aliphatic rings. The second-order valence-corrected chi connectivity index (χ2v) is 9.40. The SMILES string of the molecule is CN1Cc2cc(S(=O)(=O)NCCc3ccccc3)ccc2N(Cc2ccccc2)C1=O. The quantitative estimate of drug-likeness (QED) is 0.614. The molecule has 1 aliphatic heterocycles. The number of rotatable bonds is 7. The molecule has 1 heterocycles. The number of hydrogen-bond donors (Lipinski definition) is 1. The van der Waals surface area contributed by atoms with E-state index >= 15 is 0 Å². The van der Waals surface area contributed by atoms with Gasteiger partial charge in [0.15, 0.2) is 0 Å². The van der Waals surface area contributed by atoms with Gasteiger partial charge in [0.1, 0.15) is 0 Å². The smallest absolute Gasteiger partial charge is 0.323 e. The number of benzene rings is 3. The number of amides is 2. The van der Waals surface area contributed by atoms with Crippen molar-refractivity contribution in [2.24, 2.45) is 0 Å². The molecule has 7 heteroatoms. The Morgan fingerprint density at radius 3 is 2.23 bits per heavy atom. The van der Waals surface area contributed by atoms with Crippen LogP contribution in [0.3, 0.4) is 0 Å².